The van der Waals surface area contributed by atoms with Gasteiger partial charge in [0.2, 0.25) is 0 Å². The molecule has 0 bridgehead atoms. The fourth-order valence-corrected chi connectivity index (χ4v) is 1.79. The Morgan fingerprint density at radius 2 is 1.69 bits per heavy atom. The molecule has 0 radical (unpaired) electrons. The van der Waals surface area contributed by atoms with Crippen LogP contribution in [0.15, 0.2) is 53.1 Å². The van der Waals surface area contributed by atoms with Crippen molar-refractivity contribution < 1.29 is 4.52 Å². The minimum Gasteiger partial charge on any atom is -0.398 e. The normalized spacial score (nSPS) is 10.8. The van der Waals surface area contributed by atoms with E-state index in [9.17, 15) is 0 Å². The molecular formula is C13H10N2O. The molecule has 0 fully saturated rings. The Morgan fingerprint density at radius 3 is 2.56 bits per heavy atom. The summed E-state index contributed by atoms with van der Waals surface area (Å²) in [4.78, 5) is 0. The first-order chi connectivity index (χ1) is 7.86. The third kappa shape index (κ3) is 1.26. The van der Waals surface area contributed by atoms with Gasteiger partial charge in [-0.3, -0.25) is 0 Å². The lowest BCUT2D eigenvalue weighted by molar-refractivity contribution is 0.459. The van der Waals surface area contributed by atoms with Crippen LogP contribution in [0, 0.1) is 0 Å². The summed E-state index contributed by atoms with van der Waals surface area (Å²) >= 11 is 0. The standard InChI is InChI=1S/C13H10N2O/c14-11-7-3-1-5-9(11)13-10-6-2-4-8-12(10)16-15-13/h1-8H,14H2. The molecule has 2 N–H and O–H groups in total. The molecule has 0 aliphatic rings. The largest absolute Gasteiger partial charge is 0.398 e. The highest BCUT2D eigenvalue weighted by molar-refractivity contribution is 5.94. The summed E-state index contributed by atoms with van der Waals surface area (Å²) in [5, 5.41) is 5.06. The van der Waals surface area contributed by atoms with Gasteiger partial charge in [0.15, 0.2) is 5.58 Å². The van der Waals surface area contributed by atoms with Crippen molar-refractivity contribution in [3.63, 3.8) is 0 Å². The second-order valence-corrected chi connectivity index (χ2v) is 3.61. The minimum atomic E-state index is 0.710. The van der Waals surface area contributed by atoms with Crippen LogP contribution in [0.5, 0.6) is 0 Å². The number of para-hydroxylation sites is 2. The number of hydrogen-bond acceptors (Lipinski definition) is 3. The second-order valence-electron chi connectivity index (χ2n) is 3.61. The molecule has 0 saturated heterocycles. The van der Waals surface area contributed by atoms with E-state index in [4.69, 9.17) is 10.3 Å². The third-order valence-electron chi connectivity index (χ3n) is 2.59. The molecule has 3 rings (SSSR count). The molecular weight excluding hydrogens is 200 g/mol. The number of nitrogen functional groups attached to an aromatic ring is 1. The van der Waals surface area contributed by atoms with Crippen molar-refractivity contribution >= 4 is 16.7 Å². The van der Waals surface area contributed by atoms with Crippen molar-refractivity contribution in [2.45, 2.75) is 0 Å². The second kappa shape index (κ2) is 3.38. The number of anilines is 1. The molecule has 2 aromatic carbocycles. The van der Waals surface area contributed by atoms with E-state index in [0.29, 0.717) is 5.69 Å². The van der Waals surface area contributed by atoms with Crippen LogP contribution in [0.2, 0.25) is 0 Å². The fourth-order valence-electron chi connectivity index (χ4n) is 1.79. The summed E-state index contributed by atoms with van der Waals surface area (Å²) in [5.41, 5.74) is 9.12. The van der Waals surface area contributed by atoms with Crippen molar-refractivity contribution in [1.29, 1.82) is 0 Å². The van der Waals surface area contributed by atoms with Crippen molar-refractivity contribution in [3.8, 4) is 11.3 Å². The van der Waals surface area contributed by atoms with Gasteiger partial charge >= 0.3 is 0 Å². The minimum absolute atomic E-state index is 0.710. The average molecular weight is 210 g/mol. The monoisotopic (exact) mass is 210 g/mol. The lowest BCUT2D eigenvalue weighted by Gasteiger charge is -2.00. The molecule has 0 aliphatic carbocycles. The Hall–Kier alpha value is -2.29. The Morgan fingerprint density at radius 1 is 0.938 bits per heavy atom. The zero-order valence-corrected chi connectivity index (χ0v) is 8.55. The molecule has 0 spiro atoms. The molecule has 0 unspecified atom stereocenters. The van der Waals surface area contributed by atoms with Crippen LogP contribution in [0.4, 0.5) is 5.69 Å². The van der Waals surface area contributed by atoms with E-state index in [-0.39, 0.29) is 0 Å². The first-order valence-electron chi connectivity index (χ1n) is 5.05. The Kier molecular flexibility index (Phi) is 1.90. The predicted molar refractivity (Wildman–Crippen MR) is 63.9 cm³/mol. The Bertz CT molecular complexity index is 643. The zero-order chi connectivity index (χ0) is 11.0. The van der Waals surface area contributed by atoms with E-state index in [2.05, 4.69) is 5.16 Å². The molecule has 16 heavy (non-hydrogen) atoms. The first kappa shape index (κ1) is 8.97. The van der Waals surface area contributed by atoms with E-state index in [1.807, 2.05) is 48.5 Å². The summed E-state index contributed by atoms with van der Waals surface area (Å²) in [6.45, 7) is 0. The summed E-state index contributed by atoms with van der Waals surface area (Å²) in [6.07, 6.45) is 0. The molecule has 1 aromatic heterocycles. The number of hydrogen-bond donors (Lipinski definition) is 1. The van der Waals surface area contributed by atoms with Crippen molar-refractivity contribution in [2.75, 3.05) is 5.73 Å². The molecule has 0 saturated carbocycles. The lowest BCUT2D eigenvalue weighted by Crippen LogP contribution is -1.89. The van der Waals surface area contributed by atoms with E-state index in [1.54, 1.807) is 0 Å². The van der Waals surface area contributed by atoms with Crippen molar-refractivity contribution in [3.05, 3.63) is 48.5 Å². The highest BCUT2D eigenvalue weighted by Crippen LogP contribution is 2.30. The van der Waals surface area contributed by atoms with Crippen molar-refractivity contribution in [2.24, 2.45) is 0 Å². The van der Waals surface area contributed by atoms with Gasteiger partial charge in [-0.2, -0.15) is 0 Å². The van der Waals surface area contributed by atoms with Gasteiger partial charge in [0.25, 0.3) is 0 Å². The lowest BCUT2D eigenvalue weighted by atomic mass is 10.1. The summed E-state index contributed by atoms with van der Waals surface area (Å²) in [5.74, 6) is 0. The van der Waals surface area contributed by atoms with Gasteiger partial charge in [-0.05, 0) is 18.2 Å². The van der Waals surface area contributed by atoms with Gasteiger partial charge in [-0.25, -0.2) is 0 Å². The number of rotatable bonds is 1. The molecule has 0 aliphatic heterocycles. The predicted octanol–water partition coefficient (Wildman–Crippen LogP) is 3.08. The molecule has 0 amide bonds. The van der Waals surface area contributed by atoms with Crippen LogP contribution < -0.4 is 5.73 Å². The SMILES string of the molecule is Nc1ccccc1-c1noc2ccccc12. The summed E-state index contributed by atoms with van der Waals surface area (Å²) < 4.78 is 5.25. The van der Waals surface area contributed by atoms with Gasteiger partial charge < -0.3 is 10.3 Å². The summed E-state index contributed by atoms with van der Waals surface area (Å²) in [7, 11) is 0. The van der Waals surface area contributed by atoms with Crippen LogP contribution >= 0.6 is 0 Å². The molecule has 78 valence electrons. The third-order valence-corrected chi connectivity index (χ3v) is 2.59. The molecule has 3 nitrogen and oxygen atoms in total. The number of benzene rings is 2. The average Bonchev–Trinajstić information content (AvgIpc) is 2.74. The number of aromatic nitrogens is 1. The van der Waals surface area contributed by atoms with Gasteiger partial charge in [-0.1, -0.05) is 35.5 Å². The van der Waals surface area contributed by atoms with Gasteiger partial charge in [0.05, 0.1) is 0 Å². The van der Waals surface area contributed by atoms with Gasteiger partial charge in [0.1, 0.15) is 5.69 Å². The summed E-state index contributed by atoms with van der Waals surface area (Å²) in [6, 6.07) is 15.4. The van der Waals surface area contributed by atoms with Crippen LogP contribution in [-0.4, -0.2) is 5.16 Å². The van der Waals surface area contributed by atoms with Crippen LogP contribution in [-0.2, 0) is 0 Å². The quantitative estimate of drug-likeness (QED) is 0.628. The van der Waals surface area contributed by atoms with E-state index >= 15 is 0 Å². The topological polar surface area (TPSA) is 52.0 Å². The molecule has 3 aromatic rings. The van der Waals surface area contributed by atoms with Crippen LogP contribution in [0.3, 0.4) is 0 Å². The van der Waals surface area contributed by atoms with Gasteiger partial charge in [-0.15, -0.1) is 0 Å². The maximum atomic E-state index is 5.92. The number of nitrogens with two attached hydrogens (primary N) is 1. The first-order valence-corrected chi connectivity index (χ1v) is 5.05. The Balaban J connectivity index is 2.31. The van der Waals surface area contributed by atoms with Crippen LogP contribution in [0.1, 0.15) is 0 Å². The highest BCUT2D eigenvalue weighted by atomic mass is 16.5. The van der Waals surface area contributed by atoms with E-state index in [0.717, 1.165) is 22.2 Å². The number of nitrogens with zero attached hydrogens (tertiary/aromatic N) is 1. The zero-order valence-electron chi connectivity index (χ0n) is 8.55. The molecule has 3 heteroatoms. The number of fused-ring (bicyclic) bond motifs is 1. The molecule has 0 atom stereocenters. The van der Waals surface area contributed by atoms with E-state index in [1.165, 1.54) is 0 Å². The van der Waals surface area contributed by atoms with Crippen LogP contribution in [0.25, 0.3) is 22.2 Å². The highest BCUT2D eigenvalue weighted by Gasteiger charge is 2.11. The van der Waals surface area contributed by atoms with E-state index < -0.39 is 0 Å². The maximum absolute atomic E-state index is 5.92. The Labute approximate surface area is 92.5 Å². The fraction of sp³-hybridized carbons (Fsp3) is 0. The smallest absolute Gasteiger partial charge is 0.167 e. The molecule has 1 heterocycles. The van der Waals surface area contributed by atoms with Gasteiger partial charge in [0, 0.05) is 16.6 Å². The maximum Gasteiger partial charge on any atom is 0.167 e. The van der Waals surface area contributed by atoms with Crippen molar-refractivity contribution in [1.82, 2.24) is 5.16 Å².